The predicted molar refractivity (Wildman–Crippen MR) is 87.0 cm³/mol. The van der Waals surface area contributed by atoms with Crippen LogP contribution in [0.4, 0.5) is 11.6 Å². The zero-order chi connectivity index (χ0) is 14.8. The summed E-state index contributed by atoms with van der Waals surface area (Å²) in [7, 11) is 1.94. The van der Waals surface area contributed by atoms with Crippen molar-refractivity contribution in [1.82, 2.24) is 14.9 Å². The van der Waals surface area contributed by atoms with Crippen LogP contribution in [-0.4, -0.2) is 53.6 Å². The molecule has 0 saturated carbocycles. The lowest BCUT2D eigenvalue weighted by Gasteiger charge is -2.48. The van der Waals surface area contributed by atoms with Gasteiger partial charge < -0.3 is 10.2 Å². The SMILES string of the molecule is CCc1c(NC)ncnc1N1CC2CCCCN2CC1C. The van der Waals surface area contributed by atoms with E-state index in [1.807, 2.05) is 7.05 Å². The number of fused-ring (bicyclic) bond motifs is 1. The summed E-state index contributed by atoms with van der Waals surface area (Å²) < 4.78 is 0. The van der Waals surface area contributed by atoms with Crippen molar-refractivity contribution in [2.75, 3.05) is 36.9 Å². The van der Waals surface area contributed by atoms with Gasteiger partial charge in [-0.1, -0.05) is 13.3 Å². The van der Waals surface area contributed by atoms with Crippen molar-refractivity contribution in [3.05, 3.63) is 11.9 Å². The number of nitrogens with one attached hydrogen (secondary N) is 1. The maximum Gasteiger partial charge on any atom is 0.137 e. The molecule has 2 unspecified atom stereocenters. The van der Waals surface area contributed by atoms with Gasteiger partial charge in [0.2, 0.25) is 0 Å². The first kappa shape index (κ1) is 14.6. The van der Waals surface area contributed by atoms with E-state index < -0.39 is 0 Å². The number of rotatable bonds is 3. The summed E-state index contributed by atoms with van der Waals surface area (Å²) >= 11 is 0. The van der Waals surface area contributed by atoms with E-state index in [1.165, 1.54) is 31.4 Å². The molecule has 3 heterocycles. The predicted octanol–water partition coefficient (Wildman–Crippen LogP) is 2.14. The summed E-state index contributed by atoms with van der Waals surface area (Å²) in [6.45, 7) is 8.05. The molecule has 2 aliphatic rings. The van der Waals surface area contributed by atoms with Gasteiger partial charge in [0.25, 0.3) is 0 Å². The molecule has 0 radical (unpaired) electrons. The minimum absolute atomic E-state index is 0.518. The van der Waals surface area contributed by atoms with Gasteiger partial charge in [0, 0.05) is 37.8 Å². The van der Waals surface area contributed by atoms with Gasteiger partial charge in [0.05, 0.1) is 0 Å². The van der Waals surface area contributed by atoms with Crippen molar-refractivity contribution >= 4 is 11.6 Å². The summed E-state index contributed by atoms with van der Waals surface area (Å²) in [6.07, 6.45) is 6.72. The molecule has 5 heteroatoms. The molecule has 2 fully saturated rings. The number of hydrogen-bond acceptors (Lipinski definition) is 5. The molecule has 0 aromatic carbocycles. The fourth-order valence-corrected chi connectivity index (χ4v) is 3.84. The number of anilines is 2. The molecule has 5 nitrogen and oxygen atoms in total. The standard InChI is InChI=1S/C16H27N5/c1-4-14-15(17-3)18-11-19-16(14)21-10-13-7-5-6-8-20(13)9-12(21)2/h11-13H,4-10H2,1-3H3,(H,17,18,19). The molecule has 2 saturated heterocycles. The molecule has 1 aromatic heterocycles. The van der Waals surface area contributed by atoms with Crippen LogP contribution in [-0.2, 0) is 6.42 Å². The maximum atomic E-state index is 4.63. The second kappa shape index (κ2) is 6.18. The van der Waals surface area contributed by atoms with Gasteiger partial charge in [-0.05, 0) is 32.7 Å². The fraction of sp³-hybridized carbons (Fsp3) is 0.750. The van der Waals surface area contributed by atoms with Crippen LogP contribution < -0.4 is 10.2 Å². The van der Waals surface area contributed by atoms with Gasteiger partial charge in [-0.15, -0.1) is 0 Å². The minimum atomic E-state index is 0.518. The molecule has 1 aromatic rings. The third kappa shape index (κ3) is 2.71. The summed E-state index contributed by atoms with van der Waals surface area (Å²) in [5.41, 5.74) is 1.25. The quantitative estimate of drug-likeness (QED) is 0.923. The smallest absolute Gasteiger partial charge is 0.137 e. The summed E-state index contributed by atoms with van der Waals surface area (Å²) in [5, 5.41) is 3.21. The lowest BCUT2D eigenvalue weighted by Crippen LogP contribution is -2.59. The van der Waals surface area contributed by atoms with E-state index in [4.69, 9.17) is 0 Å². The van der Waals surface area contributed by atoms with E-state index in [2.05, 4.69) is 38.9 Å². The van der Waals surface area contributed by atoms with Crippen molar-refractivity contribution in [2.24, 2.45) is 0 Å². The zero-order valence-corrected chi connectivity index (χ0v) is 13.5. The highest BCUT2D eigenvalue weighted by Gasteiger charge is 2.34. The molecular formula is C16H27N5. The fourth-order valence-electron chi connectivity index (χ4n) is 3.84. The van der Waals surface area contributed by atoms with E-state index in [0.29, 0.717) is 12.1 Å². The van der Waals surface area contributed by atoms with Crippen molar-refractivity contribution in [3.8, 4) is 0 Å². The molecular weight excluding hydrogens is 262 g/mol. The molecule has 0 spiro atoms. The maximum absolute atomic E-state index is 4.63. The third-order valence-corrected chi connectivity index (χ3v) is 4.97. The Morgan fingerprint density at radius 2 is 2.14 bits per heavy atom. The van der Waals surface area contributed by atoms with Crippen LogP contribution in [0.5, 0.6) is 0 Å². The second-order valence-electron chi connectivity index (χ2n) is 6.27. The van der Waals surface area contributed by atoms with Crippen molar-refractivity contribution in [3.63, 3.8) is 0 Å². The summed E-state index contributed by atoms with van der Waals surface area (Å²) in [5.74, 6) is 2.11. The van der Waals surface area contributed by atoms with Crippen LogP contribution >= 0.6 is 0 Å². The average Bonchev–Trinajstić information content (AvgIpc) is 2.53. The zero-order valence-electron chi connectivity index (χ0n) is 13.5. The first-order valence-electron chi connectivity index (χ1n) is 8.27. The van der Waals surface area contributed by atoms with Crippen LogP contribution in [0.1, 0.15) is 38.7 Å². The molecule has 0 bridgehead atoms. The van der Waals surface area contributed by atoms with Crippen molar-refractivity contribution in [2.45, 2.75) is 51.6 Å². The van der Waals surface area contributed by atoms with E-state index >= 15 is 0 Å². The Morgan fingerprint density at radius 1 is 1.29 bits per heavy atom. The summed E-state index contributed by atoms with van der Waals surface area (Å²) in [4.78, 5) is 14.2. The Balaban J connectivity index is 1.89. The summed E-state index contributed by atoms with van der Waals surface area (Å²) in [6, 6.07) is 1.22. The Morgan fingerprint density at radius 3 is 2.90 bits per heavy atom. The topological polar surface area (TPSA) is 44.3 Å². The lowest BCUT2D eigenvalue weighted by molar-refractivity contribution is 0.115. The molecule has 116 valence electrons. The van der Waals surface area contributed by atoms with Crippen LogP contribution in [0.2, 0.25) is 0 Å². The van der Waals surface area contributed by atoms with Crippen LogP contribution in [0.15, 0.2) is 6.33 Å². The molecule has 0 aliphatic carbocycles. The molecule has 3 rings (SSSR count). The van der Waals surface area contributed by atoms with Gasteiger partial charge in [0.15, 0.2) is 0 Å². The van der Waals surface area contributed by atoms with Gasteiger partial charge >= 0.3 is 0 Å². The third-order valence-electron chi connectivity index (χ3n) is 4.97. The van der Waals surface area contributed by atoms with Gasteiger partial charge in [0.1, 0.15) is 18.0 Å². The first-order chi connectivity index (χ1) is 10.2. The Kier molecular flexibility index (Phi) is 4.29. The van der Waals surface area contributed by atoms with E-state index in [-0.39, 0.29) is 0 Å². The molecule has 21 heavy (non-hydrogen) atoms. The molecule has 2 aliphatic heterocycles. The highest BCUT2D eigenvalue weighted by Crippen LogP contribution is 2.31. The van der Waals surface area contributed by atoms with Gasteiger partial charge in [-0.2, -0.15) is 0 Å². The number of piperazine rings is 1. The van der Waals surface area contributed by atoms with Crippen LogP contribution in [0, 0.1) is 0 Å². The van der Waals surface area contributed by atoms with E-state index in [0.717, 1.165) is 31.1 Å². The van der Waals surface area contributed by atoms with Gasteiger partial charge in [-0.25, -0.2) is 9.97 Å². The largest absolute Gasteiger partial charge is 0.373 e. The second-order valence-corrected chi connectivity index (χ2v) is 6.27. The highest BCUT2D eigenvalue weighted by atomic mass is 15.3. The highest BCUT2D eigenvalue weighted by molar-refractivity contribution is 5.59. The Bertz CT molecular complexity index is 490. The molecule has 2 atom stereocenters. The van der Waals surface area contributed by atoms with Crippen molar-refractivity contribution < 1.29 is 0 Å². The number of hydrogen-bond donors (Lipinski definition) is 1. The van der Waals surface area contributed by atoms with E-state index in [9.17, 15) is 0 Å². The Hall–Kier alpha value is -1.36. The van der Waals surface area contributed by atoms with Crippen LogP contribution in [0.25, 0.3) is 0 Å². The molecule has 1 N–H and O–H groups in total. The monoisotopic (exact) mass is 289 g/mol. The minimum Gasteiger partial charge on any atom is -0.373 e. The van der Waals surface area contributed by atoms with Gasteiger partial charge in [-0.3, -0.25) is 4.90 Å². The molecule has 0 amide bonds. The number of piperidine rings is 1. The normalized spacial score (nSPS) is 26.5. The lowest BCUT2D eigenvalue weighted by atomic mass is 9.96. The van der Waals surface area contributed by atoms with Crippen LogP contribution in [0.3, 0.4) is 0 Å². The van der Waals surface area contributed by atoms with E-state index in [1.54, 1.807) is 6.33 Å². The van der Waals surface area contributed by atoms with Crippen molar-refractivity contribution in [1.29, 1.82) is 0 Å². The number of aromatic nitrogens is 2. The first-order valence-corrected chi connectivity index (χ1v) is 8.27. The Labute approximate surface area is 127 Å². The average molecular weight is 289 g/mol. The number of nitrogens with zero attached hydrogens (tertiary/aromatic N) is 4.